The van der Waals surface area contributed by atoms with Crippen LogP contribution in [0, 0.1) is 10.1 Å². The molecule has 0 fully saturated rings. The Morgan fingerprint density at radius 2 is 2.11 bits per heavy atom. The van der Waals surface area contributed by atoms with Crippen molar-refractivity contribution in [2.45, 2.75) is 13.0 Å². The van der Waals surface area contributed by atoms with Crippen LogP contribution >= 0.6 is 11.3 Å². The van der Waals surface area contributed by atoms with E-state index in [0.29, 0.717) is 5.75 Å². The summed E-state index contributed by atoms with van der Waals surface area (Å²) in [6.45, 7) is 2.21. The van der Waals surface area contributed by atoms with Crippen molar-refractivity contribution in [3.63, 3.8) is 0 Å². The maximum Gasteiger partial charge on any atom is 0.279 e. The van der Waals surface area contributed by atoms with Crippen molar-refractivity contribution >= 4 is 38.8 Å². The average molecular weight is 401 g/mol. The van der Waals surface area contributed by atoms with Crippen molar-refractivity contribution in [2.24, 2.45) is 0 Å². The first-order valence-corrected chi connectivity index (χ1v) is 9.50. The van der Waals surface area contributed by atoms with E-state index < -0.39 is 4.92 Å². The van der Waals surface area contributed by atoms with Crippen LogP contribution in [0.15, 0.2) is 42.5 Å². The molecule has 2 N–H and O–H groups in total. The van der Waals surface area contributed by atoms with Crippen LogP contribution in [0.1, 0.15) is 18.0 Å². The summed E-state index contributed by atoms with van der Waals surface area (Å²) < 4.78 is 6.30. The highest BCUT2D eigenvalue weighted by molar-refractivity contribution is 7.18. The first kappa shape index (κ1) is 19.7. The molecule has 1 amide bonds. The summed E-state index contributed by atoms with van der Waals surface area (Å²) in [7, 11) is 3.37. The standard InChI is InChI=1S/C19H20N4O4S/c1-12(19-21-14-6-4-5-7-17(14)28-19)22(2)11-18(24)20-15-10-13(23(25)26)8-9-16(15)27-3/h4-10,12H,11H2,1-3H3,(H,20,24)/p+1/t12-/m0/s1. The minimum atomic E-state index is -0.512. The third-order valence-electron chi connectivity index (χ3n) is 4.53. The van der Waals surface area contributed by atoms with E-state index >= 15 is 0 Å². The largest absolute Gasteiger partial charge is 0.495 e. The number of carbonyl (C=O) groups is 1. The quantitative estimate of drug-likeness (QED) is 0.468. The van der Waals surface area contributed by atoms with Gasteiger partial charge in [0.2, 0.25) is 0 Å². The van der Waals surface area contributed by atoms with Crippen LogP contribution in [-0.2, 0) is 4.79 Å². The zero-order valence-electron chi connectivity index (χ0n) is 15.8. The molecule has 0 aliphatic heterocycles. The zero-order chi connectivity index (χ0) is 20.3. The van der Waals surface area contributed by atoms with Gasteiger partial charge in [0.1, 0.15) is 11.8 Å². The molecule has 3 aromatic rings. The first-order chi connectivity index (χ1) is 13.4. The summed E-state index contributed by atoms with van der Waals surface area (Å²) in [5.74, 6) is 0.111. The molecule has 0 spiro atoms. The van der Waals surface area contributed by atoms with Gasteiger partial charge in [0.25, 0.3) is 11.6 Å². The molecule has 0 aliphatic carbocycles. The number of non-ortho nitro benzene ring substituents is 1. The lowest BCUT2D eigenvalue weighted by atomic mass is 10.2. The molecule has 1 unspecified atom stereocenters. The molecule has 146 valence electrons. The smallest absolute Gasteiger partial charge is 0.279 e. The number of quaternary nitrogens is 1. The van der Waals surface area contributed by atoms with Crippen LogP contribution in [-0.4, -0.2) is 36.5 Å². The highest BCUT2D eigenvalue weighted by Gasteiger charge is 2.23. The van der Waals surface area contributed by atoms with Gasteiger partial charge < -0.3 is 15.0 Å². The number of hydrogen-bond acceptors (Lipinski definition) is 6. The van der Waals surface area contributed by atoms with Gasteiger partial charge in [0.05, 0.1) is 35.0 Å². The summed E-state index contributed by atoms with van der Waals surface area (Å²) in [5.41, 5.74) is 1.12. The fourth-order valence-electron chi connectivity index (χ4n) is 2.79. The van der Waals surface area contributed by atoms with Gasteiger partial charge in [0, 0.05) is 12.1 Å². The van der Waals surface area contributed by atoms with Crippen molar-refractivity contribution < 1.29 is 19.4 Å². The number of thiazole rings is 1. The lowest BCUT2D eigenvalue weighted by molar-refractivity contribution is -0.902. The molecule has 1 aromatic heterocycles. The monoisotopic (exact) mass is 401 g/mol. The van der Waals surface area contributed by atoms with Crippen molar-refractivity contribution in [2.75, 3.05) is 26.0 Å². The van der Waals surface area contributed by atoms with Crippen LogP contribution in [0.4, 0.5) is 11.4 Å². The molecular weight excluding hydrogens is 380 g/mol. The predicted molar refractivity (Wildman–Crippen MR) is 108 cm³/mol. The van der Waals surface area contributed by atoms with Gasteiger partial charge >= 0.3 is 0 Å². The number of nitro benzene ring substituents is 1. The third kappa shape index (κ3) is 4.26. The van der Waals surface area contributed by atoms with Crippen LogP contribution in [0.25, 0.3) is 10.2 Å². The van der Waals surface area contributed by atoms with E-state index in [4.69, 9.17) is 4.74 Å². The van der Waals surface area contributed by atoms with Crippen molar-refractivity contribution in [1.82, 2.24) is 4.98 Å². The fraction of sp³-hybridized carbons (Fsp3) is 0.263. The van der Waals surface area contributed by atoms with Gasteiger partial charge in [-0.05, 0) is 25.1 Å². The molecular formula is C19H21N4O4S+. The van der Waals surface area contributed by atoms with Crippen molar-refractivity contribution in [3.8, 4) is 5.75 Å². The Bertz CT molecular complexity index is 987. The second-order valence-corrected chi connectivity index (χ2v) is 7.52. The highest BCUT2D eigenvalue weighted by atomic mass is 32.1. The number of carbonyl (C=O) groups excluding carboxylic acids is 1. The van der Waals surface area contributed by atoms with Gasteiger partial charge in [-0.15, -0.1) is 11.3 Å². The lowest BCUT2D eigenvalue weighted by Gasteiger charge is -2.19. The molecule has 2 atom stereocenters. The molecule has 0 aliphatic rings. The summed E-state index contributed by atoms with van der Waals surface area (Å²) in [6, 6.07) is 12.0. The van der Waals surface area contributed by atoms with Gasteiger partial charge in [-0.2, -0.15) is 0 Å². The van der Waals surface area contributed by atoms with Crippen molar-refractivity contribution in [3.05, 3.63) is 57.6 Å². The number of benzene rings is 2. The Balaban J connectivity index is 1.70. The number of amides is 1. The highest BCUT2D eigenvalue weighted by Crippen LogP contribution is 2.29. The Kier molecular flexibility index (Phi) is 5.86. The molecule has 9 heteroatoms. The van der Waals surface area contributed by atoms with Crippen LogP contribution < -0.4 is 15.0 Å². The van der Waals surface area contributed by atoms with Gasteiger partial charge in [-0.1, -0.05) is 12.1 Å². The normalized spacial score (nSPS) is 13.1. The van der Waals surface area contributed by atoms with E-state index in [1.165, 1.54) is 25.3 Å². The van der Waals surface area contributed by atoms with E-state index in [-0.39, 0.29) is 29.9 Å². The number of nitro groups is 1. The van der Waals surface area contributed by atoms with Crippen LogP contribution in [0.3, 0.4) is 0 Å². The van der Waals surface area contributed by atoms with E-state index in [1.54, 1.807) is 11.3 Å². The van der Waals surface area contributed by atoms with E-state index in [9.17, 15) is 14.9 Å². The molecule has 8 nitrogen and oxygen atoms in total. The summed E-state index contributed by atoms with van der Waals surface area (Å²) in [6.07, 6.45) is 0. The molecule has 0 saturated carbocycles. The number of ether oxygens (including phenoxy) is 1. The number of nitrogens with zero attached hydrogens (tertiary/aromatic N) is 2. The van der Waals surface area contributed by atoms with Crippen LogP contribution in [0.5, 0.6) is 5.75 Å². The lowest BCUT2D eigenvalue weighted by Crippen LogP contribution is -3.10. The maximum absolute atomic E-state index is 12.5. The van der Waals surface area contributed by atoms with Gasteiger partial charge in [-0.25, -0.2) is 4.98 Å². The number of nitrogens with one attached hydrogen (secondary N) is 2. The zero-order valence-corrected chi connectivity index (χ0v) is 16.6. The molecule has 0 saturated heterocycles. The Labute approximate surface area is 165 Å². The average Bonchev–Trinajstić information content (AvgIpc) is 3.11. The number of fused-ring (bicyclic) bond motifs is 1. The summed E-state index contributed by atoms with van der Waals surface area (Å²) >= 11 is 1.62. The molecule has 3 rings (SSSR count). The number of aromatic nitrogens is 1. The Morgan fingerprint density at radius 1 is 1.36 bits per heavy atom. The number of para-hydroxylation sites is 1. The third-order valence-corrected chi connectivity index (χ3v) is 5.75. The van der Waals surface area contributed by atoms with E-state index in [1.807, 2.05) is 38.2 Å². The van der Waals surface area contributed by atoms with Gasteiger partial charge in [-0.3, -0.25) is 14.9 Å². The second-order valence-electron chi connectivity index (χ2n) is 6.45. The Morgan fingerprint density at radius 3 is 2.79 bits per heavy atom. The molecule has 1 heterocycles. The number of likely N-dealkylation sites (N-methyl/N-ethyl adjacent to an activating group) is 1. The number of anilines is 1. The topological polar surface area (TPSA) is 98.8 Å². The number of hydrogen-bond donors (Lipinski definition) is 2. The summed E-state index contributed by atoms with van der Waals surface area (Å²) in [4.78, 5) is 28.6. The first-order valence-electron chi connectivity index (χ1n) is 8.69. The minimum Gasteiger partial charge on any atom is -0.495 e. The SMILES string of the molecule is COc1ccc([N+](=O)[O-])cc1NC(=O)C[NH+](C)[C@@H](C)c1nc2ccccc2s1. The molecule has 2 aromatic carbocycles. The van der Waals surface area contributed by atoms with Gasteiger partial charge in [0.15, 0.2) is 11.6 Å². The number of rotatable bonds is 7. The fourth-order valence-corrected chi connectivity index (χ4v) is 3.91. The minimum absolute atomic E-state index is 0.0233. The second kappa shape index (κ2) is 8.32. The Hall–Kier alpha value is -3.04. The summed E-state index contributed by atoms with van der Waals surface area (Å²) in [5, 5.41) is 14.7. The van der Waals surface area contributed by atoms with E-state index in [2.05, 4.69) is 10.3 Å². The maximum atomic E-state index is 12.5. The predicted octanol–water partition coefficient (Wildman–Crippen LogP) is 2.43. The molecule has 0 radical (unpaired) electrons. The number of methoxy groups -OCH3 is 1. The molecule has 28 heavy (non-hydrogen) atoms. The molecule has 0 bridgehead atoms. The van der Waals surface area contributed by atoms with Crippen LogP contribution in [0.2, 0.25) is 0 Å². The van der Waals surface area contributed by atoms with E-state index in [0.717, 1.165) is 20.1 Å². The van der Waals surface area contributed by atoms with Crippen molar-refractivity contribution in [1.29, 1.82) is 0 Å².